The number of carbonyl (C=O) groups excluding carboxylic acids is 6. The highest BCUT2D eigenvalue weighted by atomic mass is 35.5. The molecule has 10 N–H and O–H groups in total. The smallest absolute Gasteiger partial charge is 0.412 e. The number of rotatable bonds is 19. The van der Waals surface area contributed by atoms with E-state index >= 15 is 0 Å². The Balaban J connectivity index is 0.000000264. The number of nitrogens with two attached hydrogens (primary N) is 3. The van der Waals surface area contributed by atoms with E-state index in [1.54, 1.807) is 55.6 Å². The maximum absolute atomic E-state index is 13.8. The fraction of sp³-hybridized carbons (Fsp3) is 0.250. The van der Waals surface area contributed by atoms with E-state index in [2.05, 4.69) is 42.9 Å². The summed E-state index contributed by atoms with van der Waals surface area (Å²) >= 11 is 11.9. The van der Waals surface area contributed by atoms with Gasteiger partial charge in [-0.2, -0.15) is 0 Å². The van der Waals surface area contributed by atoms with Gasteiger partial charge >= 0.3 is 24.2 Å². The number of aromatic nitrogens is 2. The number of nitrogens with one attached hydrogen (secondary N) is 4. The third kappa shape index (κ3) is 16.9. The lowest BCUT2D eigenvalue weighted by Crippen LogP contribution is -2.46. The third-order valence-electron chi connectivity index (χ3n) is 12.8. The number of ether oxygens (including phenoxy) is 2. The molecule has 3 heterocycles. The highest BCUT2D eigenvalue weighted by molar-refractivity contribution is 6.31. The van der Waals surface area contributed by atoms with Crippen molar-refractivity contribution in [1.82, 2.24) is 35.3 Å². The molecule has 1 aliphatic rings. The van der Waals surface area contributed by atoms with Crippen molar-refractivity contribution in [2.45, 2.75) is 50.9 Å². The maximum Gasteiger partial charge on any atom is 0.412 e. The van der Waals surface area contributed by atoms with Crippen LogP contribution in [0.25, 0.3) is 21.5 Å². The van der Waals surface area contributed by atoms with Crippen LogP contribution in [0.5, 0.6) is 0 Å². The quantitative estimate of drug-likeness (QED) is 0.0172. The molecular formula is C56H58Cl2F4N12O8. The molecule has 0 radical (unpaired) electrons. The number of likely N-dealkylation sites (N-methyl/N-ethyl adjacent to an activating group) is 2. The highest BCUT2D eigenvalue weighted by Crippen LogP contribution is 2.25. The normalized spacial score (nSPS) is 12.2. The summed E-state index contributed by atoms with van der Waals surface area (Å²) in [6.07, 6.45) is 3.00. The molecule has 0 spiro atoms. The van der Waals surface area contributed by atoms with E-state index in [9.17, 15) is 46.3 Å². The van der Waals surface area contributed by atoms with Gasteiger partial charge in [0.25, 0.3) is 11.8 Å². The molecule has 82 heavy (non-hydrogen) atoms. The molecule has 7 aromatic rings. The number of hydrazine groups is 1. The zero-order valence-electron chi connectivity index (χ0n) is 44.3. The molecule has 432 valence electrons. The van der Waals surface area contributed by atoms with Gasteiger partial charge in [-0.25, -0.2) is 46.7 Å². The van der Waals surface area contributed by atoms with Crippen molar-refractivity contribution in [2.24, 2.45) is 17.4 Å². The van der Waals surface area contributed by atoms with Gasteiger partial charge in [0.2, 0.25) is 0 Å². The van der Waals surface area contributed by atoms with Crippen LogP contribution in [-0.4, -0.2) is 113 Å². The predicted octanol–water partition coefficient (Wildman–Crippen LogP) is 9.48. The molecule has 0 saturated heterocycles. The largest absolute Gasteiger partial charge is 0.447 e. The Morgan fingerprint density at radius 1 is 0.598 bits per heavy atom. The van der Waals surface area contributed by atoms with E-state index < -0.39 is 71.4 Å². The molecule has 0 saturated carbocycles. The molecule has 0 unspecified atom stereocenters. The predicted molar refractivity (Wildman–Crippen MR) is 301 cm³/mol. The Kier molecular flexibility index (Phi) is 23.0. The molecule has 0 aliphatic carbocycles. The molecular weight excluding hydrogens is 1120 g/mol. The summed E-state index contributed by atoms with van der Waals surface area (Å²) < 4.78 is 65.3. The summed E-state index contributed by atoms with van der Waals surface area (Å²) in [6.45, 7) is 0.102. The number of halogens is 6. The second-order valence-electron chi connectivity index (χ2n) is 18.2. The number of amides is 8. The fourth-order valence-electron chi connectivity index (χ4n) is 8.34. The average Bonchev–Trinajstić information content (AvgIpc) is 3.72. The lowest BCUT2D eigenvalue weighted by molar-refractivity contribution is 0.0643. The number of anilines is 2. The van der Waals surface area contributed by atoms with Gasteiger partial charge in [-0.05, 0) is 127 Å². The summed E-state index contributed by atoms with van der Waals surface area (Å²) in [5, 5.41) is 12.7. The minimum absolute atomic E-state index is 0.0267. The maximum atomic E-state index is 13.8. The van der Waals surface area contributed by atoms with Gasteiger partial charge in [0.15, 0.2) is 0 Å². The Morgan fingerprint density at radius 2 is 1.02 bits per heavy atom. The summed E-state index contributed by atoms with van der Waals surface area (Å²) in [6, 6.07) is 24.5. The number of urea groups is 2. The molecule has 26 heteroatoms. The number of fused-ring (bicyclic) bond motifs is 3. The van der Waals surface area contributed by atoms with Crippen molar-refractivity contribution in [1.29, 1.82) is 0 Å². The Hall–Kier alpha value is -8.68. The second kappa shape index (κ2) is 30.2. The number of hydrogen-bond acceptors (Lipinski definition) is 13. The van der Waals surface area contributed by atoms with Crippen LogP contribution in [0, 0.1) is 23.3 Å². The molecule has 2 atom stereocenters. The minimum atomic E-state index is -0.857. The van der Waals surface area contributed by atoms with Gasteiger partial charge in [0.1, 0.15) is 48.1 Å². The van der Waals surface area contributed by atoms with Crippen LogP contribution >= 0.6 is 23.2 Å². The van der Waals surface area contributed by atoms with Crippen LogP contribution in [-0.2, 0) is 22.6 Å². The van der Waals surface area contributed by atoms with E-state index in [-0.39, 0.29) is 60.9 Å². The van der Waals surface area contributed by atoms with Crippen molar-refractivity contribution in [3.8, 4) is 0 Å². The number of benzene rings is 5. The van der Waals surface area contributed by atoms with E-state index in [1.807, 2.05) is 0 Å². The first-order chi connectivity index (χ1) is 39.4. The van der Waals surface area contributed by atoms with Crippen molar-refractivity contribution in [3.05, 3.63) is 177 Å². The van der Waals surface area contributed by atoms with Gasteiger partial charge in [-0.3, -0.25) is 36.8 Å². The van der Waals surface area contributed by atoms with Gasteiger partial charge < -0.3 is 35.6 Å². The lowest BCUT2D eigenvalue weighted by Gasteiger charge is -2.28. The molecule has 8 amide bonds. The first-order valence-corrected chi connectivity index (χ1v) is 26.0. The van der Waals surface area contributed by atoms with Crippen LogP contribution in [0.4, 0.5) is 48.4 Å². The number of hydrogen-bond donors (Lipinski definition) is 7. The molecule has 0 bridgehead atoms. The van der Waals surface area contributed by atoms with E-state index in [0.717, 1.165) is 10.3 Å². The Labute approximate surface area is 478 Å². The summed E-state index contributed by atoms with van der Waals surface area (Å²) in [7, 11) is 3.06. The van der Waals surface area contributed by atoms with Gasteiger partial charge in [0.05, 0.1) is 33.3 Å². The lowest BCUT2D eigenvalue weighted by atomic mass is 10.1. The summed E-state index contributed by atoms with van der Waals surface area (Å²) in [5.41, 5.74) is 7.08. The van der Waals surface area contributed by atoms with Gasteiger partial charge in [-0.15, -0.1) is 0 Å². The van der Waals surface area contributed by atoms with Crippen LogP contribution in [0.2, 0.25) is 10.0 Å². The fourth-order valence-corrected chi connectivity index (χ4v) is 8.72. The first-order valence-electron chi connectivity index (χ1n) is 25.2. The van der Waals surface area contributed by atoms with Crippen LogP contribution in [0.15, 0.2) is 122 Å². The van der Waals surface area contributed by atoms with E-state index in [1.165, 1.54) is 89.9 Å². The van der Waals surface area contributed by atoms with Crippen LogP contribution in [0.1, 0.15) is 57.5 Å². The molecule has 8 rings (SSSR count). The van der Waals surface area contributed by atoms with Crippen molar-refractivity contribution in [3.63, 3.8) is 0 Å². The zero-order chi connectivity index (χ0) is 59.5. The number of imide groups is 1. The Morgan fingerprint density at radius 3 is 1.45 bits per heavy atom. The number of pyridine rings is 2. The molecule has 20 nitrogen and oxygen atoms in total. The van der Waals surface area contributed by atoms with E-state index in [0.29, 0.717) is 64.2 Å². The molecule has 1 aliphatic heterocycles. The topological polar surface area (TPSA) is 283 Å². The van der Waals surface area contributed by atoms with Crippen molar-refractivity contribution in [2.75, 3.05) is 51.0 Å². The van der Waals surface area contributed by atoms with Crippen LogP contribution < -0.4 is 38.7 Å². The minimum Gasteiger partial charge on any atom is -0.447 e. The molecule has 0 fully saturated rings. The first kappa shape index (κ1) is 62.5. The highest BCUT2D eigenvalue weighted by Gasteiger charge is 2.35. The average molecular weight is 1170 g/mol. The van der Waals surface area contributed by atoms with Gasteiger partial charge in [-0.1, -0.05) is 59.6 Å². The van der Waals surface area contributed by atoms with E-state index in [4.69, 9.17) is 38.4 Å². The number of carbonyl (C=O) groups is 6. The standard InChI is InChI=1S/C32H28ClF2N5O5.C24H26ClF2N5O3.H4N2/c1-39(31(43)37-17-20-6-4-10-26(35)28(20)33)23(7-5-13-40-29(41)24-8-2-3-9-25(24)30(40)42)18-45-32(44)38-27-15-21-14-22(34)12-11-19(21)16-36-27;1-32(23(33)30-13-16-4-2-6-20(27)22(16)25)19(5-3-9-28)14-35-24(34)31-21-11-17-10-18(26)8-7-15(17)12-29-21;1-2/h2-4,6,8-12,14-16,23H,5,7,13,17-18H2,1H3,(H,37,43)(H,36,38,44);2,4,6-8,10-12,19H,3,5,9,13-14,28H2,1H3,(H,30,33)(H,29,31,34);1-2H2/t23-;19-;/m00./s1. The number of nitrogens with zero attached hydrogens (tertiary/aromatic N) is 5. The third-order valence-corrected chi connectivity index (χ3v) is 13.7. The summed E-state index contributed by atoms with van der Waals surface area (Å²) in [4.78, 5) is 88.4. The molecule has 2 aromatic heterocycles. The zero-order valence-corrected chi connectivity index (χ0v) is 45.8. The Bertz CT molecular complexity index is 3390. The SMILES string of the molecule is CN(C(=O)NCc1cccc(F)c1Cl)[C@@H](CCCN)COC(=O)Nc1cc2cc(F)ccc2cn1.CN(C(=O)NCc1cccc(F)c1Cl)[C@@H](CCCN1C(=O)c2ccccc2C1=O)COC(=O)Nc1cc2cc(F)ccc2cn1.NN. The van der Waals surface area contributed by atoms with Crippen molar-refractivity contribution < 1.29 is 55.8 Å². The monoisotopic (exact) mass is 1170 g/mol. The van der Waals surface area contributed by atoms with Crippen molar-refractivity contribution >= 4 is 92.4 Å². The second-order valence-corrected chi connectivity index (χ2v) is 19.0. The van der Waals surface area contributed by atoms with Crippen LogP contribution in [0.3, 0.4) is 0 Å². The molecule has 5 aromatic carbocycles. The summed E-state index contributed by atoms with van der Waals surface area (Å²) in [5.74, 6) is 5.51. The van der Waals surface area contributed by atoms with Gasteiger partial charge in [0, 0.05) is 56.9 Å².